The van der Waals surface area contributed by atoms with Crippen LogP contribution in [0.5, 0.6) is 0 Å². The molecule has 8 heteroatoms. The molecule has 2 saturated heterocycles. The van der Waals surface area contributed by atoms with Gasteiger partial charge in [0.2, 0.25) is 11.8 Å². The van der Waals surface area contributed by atoms with Gasteiger partial charge in [0.25, 0.3) is 0 Å². The van der Waals surface area contributed by atoms with Crippen LogP contribution in [0, 0.1) is 19.3 Å². The molecule has 4 rings (SSSR count). The molecule has 2 aromatic rings. The van der Waals surface area contributed by atoms with Crippen LogP contribution in [0.4, 0.5) is 4.79 Å². The fourth-order valence-corrected chi connectivity index (χ4v) is 4.22. The number of rotatable bonds is 2. The zero-order valence-electron chi connectivity index (χ0n) is 15.9. The first-order valence-electron chi connectivity index (χ1n) is 9.19. The van der Waals surface area contributed by atoms with Gasteiger partial charge in [-0.2, -0.15) is 0 Å². The number of imide groups is 2. The van der Waals surface area contributed by atoms with Crippen LogP contribution in [0.3, 0.4) is 0 Å². The van der Waals surface area contributed by atoms with Gasteiger partial charge in [0.1, 0.15) is 0 Å². The van der Waals surface area contributed by atoms with Gasteiger partial charge in [-0.3, -0.25) is 20.2 Å². The van der Waals surface area contributed by atoms with Crippen molar-refractivity contribution >= 4 is 35.2 Å². The zero-order valence-corrected chi connectivity index (χ0v) is 16.7. The molecule has 0 aliphatic carbocycles. The number of carbonyl (C=O) groups excluding carboxylic acids is 3. The number of hydrogen-bond acceptors (Lipinski definition) is 4. The molecule has 7 nitrogen and oxygen atoms in total. The van der Waals surface area contributed by atoms with Crippen molar-refractivity contribution in [2.75, 3.05) is 0 Å². The predicted molar refractivity (Wildman–Crippen MR) is 111 cm³/mol. The summed E-state index contributed by atoms with van der Waals surface area (Å²) in [5, 5.41) is 11.0. The monoisotopic (exact) mass is 408 g/mol. The number of nitrogens with one attached hydrogen (secondary N) is 4. The van der Waals surface area contributed by atoms with E-state index in [2.05, 4.69) is 21.3 Å². The Kier molecular flexibility index (Phi) is 4.58. The number of barbiturate groups is 1. The number of benzene rings is 2. The van der Waals surface area contributed by atoms with Gasteiger partial charge < -0.3 is 10.6 Å². The molecule has 0 unspecified atom stereocenters. The molecule has 2 aliphatic heterocycles. The van der Waals surface area contributed by atoms with Crippen molar-refractivity contribution in [3.05, 3.63) is 70.8 Å². The minimum Gasteiger partial charge on any atom is -0.354 e. The molecule has 4 N–H and O–H groups in total. The highest BCUT2D eigenvalue weighted by Gasteiger charge is 2.63. The highest BCUT2D eigenvalue weighted by molar-refractivity contribution is 7.80. The largest absolute Gasteiger partial charge is 0.354 e. The van der Waals surface area contributed by atoms with Gasteiger partial charge >= 0.3 is 6.03 Å². The number of carbonyl (C=O) groups is 3. The molecule has 2 aromatic carbocycles. The quantitative estimate of drug-likeness (QED) is 0.448. The first-order chi connectivity index (χ1) is 13.8. The number of thiocarbonyl (C=S) groups is 1. The first kappa shape index (κ1) is 19.1. The van der Waals surface area contributed by atoms with Crippen LogP contribution >= 0.6 is 12.2 Å². The van der Waals surface area contributed by atoms with Gasteiger partial charge in [-0.25, -0.2) is 4.79 Å². The SMILES string of the molecule is Cc1ccc([C@H]2NC(=S)N[C@H](c3ccc(C)cc3)C23C(=O)NC(=O)NC3=O)cc1. The van der Waals surface area contributed by atoms with Gasteiger partial charge in [-0.05, 0) is 37.2 Å². The van der Waals surface area contributed by atoms with Gasteiger partial charge in [-0.15, -0.1) is 0 Å². The molecule has 29 heavy (non-hydrogen) atoms. The highest BCUT2D eigenvalue weighted by Crippen LogP contribution is 2.48. The van der Waals surface area contributed by atoms with E-state index in [1.165, 1.54) is 0 Å². The summed E-state index contributed by atoms with van der Waals surface area (Å²) in [6.45, 7) is 3.90. The Labute approximate surface area is 173 Å². The lowest BCUT2D eigenvalue weighted by Gasteiger charge is -2.49. The second-order valence-electron chi connectivity index (χ2n) is 7.41. The Morgan fingerprint density at radius 2 is 1.10 bits per heavy atom. The highest BCUT2D eigenvalue weighted by atomic mass is 32.1. The second-order valence-corrected chi connectivity index (χ2v) is 7.82. The summed E-state index contributed by atoms with van der Waals surface area (Å²) in [6, 6.07) is 12.7. The van der Waals surface area contributed by atoms with Crippen molar-refractivity contribution in [1.29, 1.82) is 0 Å². The summed E-state index contributed by atoms with van der Waals surface area (Å²) in [6.07, 6.45) is 0. The summed E-state index contributed by atoms with van der Waals surface area (Å²) in [7, 11) is 0. The first-order valence-corrected chi connectivity index (χ1v) is 9.60. The number of amides is 4. The fourth-order valence-electron chi connectivity index (χ4n) is 3.98. The number of urea groups is 1. The molecule has 2 aliphatic rings. The Balaban J connectivity index is 1.93. The van der Waals surface area contributed by atoms with E-state index >= 15 is 0 Å². The Morgan fingerprint density at radius 3 is 1.48 bits per heavy atom. The van der Waals surface area contributed by atoms with Crippen LogP contribution in [-0.2, 0) is 9.59 Å². The molecule has 148 valence electrons. The van der Waals surface area contributed by atoms with Crippen LogP contribution in [-0.4, -0.2) is 23.0 Å². The Bertz CT molecular complexity index is 938. The van der Waals surface area contributed by atoms with E-state index in [1.807, 2.05) is 62.4 Å². The van der Waals surface area contributed by atoms with Crippen LogP contribution in [0.1, 0.15) is 34.3 Å². The predicted octanol–water partition coefficient (Wildman–Crippen LogP) is 1.92. The van der Waals surface area contributed by atoms with E-state index in [0.717, 1.165) is 22.3 Å². The zero-order chi connectivity index (χ0) is 20.8. The van der Waals surface area contributed by atoms with Gasteiger partial charge in [0.05, 0.1) is 12.1 Å². The Morgan fingerprint density at radius 1 is 0.724 bits per heavy atom. The third-order valence-electron chi connectivity index (χ3n) is 5.49. The second kappa shape index (κ2) is 6.97. The molecular formula is C21H20N4O3S. The van der Waals surface area contributed by atoms with Crippen LogP contribution in [0.25, 0.3) is 0 Å². The van der Waals surface area contributed by atoms with Crippen molar-refractivity contribution in [1.82, 2.24) is 21.3 Å². The average molecular weight is 408 g/mol. The van der Waals surface area contributed by atoms with Gasteiger partial charge in [0.15, 0.2) is 10.5 Å². The lowest BCUT2D eigenvalue weighted by atomic mass is 9.65. The van der Waals surface area contributed by atoms with Crippen molar-refractivity contribution in [2.24, 2.45) is 5.41 Å². The van der Waals surface area contributed by atoms with Crippen LogP contribution < -0.4 is 21.3 Å². The summed E-state index contributed by atoms with van der Waals surface area (Å²) >= 11 is 5.41. The van der Waals surface area contributed by atoms with Crippen LogP contribution in [0.15, 0.2) is 48.5 Å². The van der Waals surface area contributed by atoms with E-state index in [9.17, 15) is 14.4 Å². The lowest BCUT2D eigenvalue weighted by molar-refractivity contribution is -0.149. The van der Waals surface area contributed by atoms with Crippen molar-refractivity contribution in [3.8, 4) is 0 Å². The smallest absolute Gasteiger partial charge is 0.328 e. The van der Waals surface area contributed by atoms with E-state index < -0.39 is 35.3 Å². The van der Waals surface area contributed by atoms with Crippen LogP contribution in [0.2, 0.25) is 0 Å². The fraction of sp³-hybridized carbons (Fsp3) is 0.238. The molecule has 0 radical (unpaired) electrons. The van der Waals surface area contributed by atoms with Gasteiger partial charge in [-0.1, -0.05) is 59.7 Å². The molecule has 2 heterocycles. The standard InChI is InChI=1S/C21H20N4O3S/c1-11-3-7-13(8-4-11)15-21(17(26)24-19(28)25-18(21)27)16(23-20(29)22-15)14-9-5-12(2)6-10-14/h3-10,15-16H,1-2H3,(H2,22,23,29)(H2,24,25,26,27,28)/t15-,16-/m1/s1. The average Bonchev–Trinajstić information content (AvgIpc) is 2.67. The normalized spacial score (nSPS) is 23.1. The van der Waals surface area contributed by atoms with Crippen molar-refractivity contribution in [3.63, 3.8) is 0 Å². The molecule has 1 spiro atoms. The number of hydrogen-bond donors (Lipinski definition) is 4. The molecule has 2 atom stereocenters. The van der Waals surface area contributed by atoms with E-state index in [1.54, 1.807) is 0 Å². The van der Waals surface area contributed by atoms with E-state index in [4.69, 9.17) is 12.2 Å². The molecule has 4 amide bonds. The minimum absolute atomic E-state index is 0.323. The Hall–Kier alpha value is -3.26. The van der Waals surface area contributed by atoms with Crippen molar-refractivity contribution in [2.45, 2.75) is 25.9 Å². The maximum absolute atomic E-state index is 13.3. The molecule has 2 fully saturated rings. The minimum atomic E-state index is -1.67. The van der Waals surface area contributed by atoms with E-state index in [-0.39, 0.29) is 0 Å². The maximum atomic E-state index is 13.3. The number of aryl methyl sites for hydroxylation is 2. The summed E-state index contributed by atoms with van der Waals surface area (Å²) in [4.78, 5) is 38.4. The van der Waals surface area contributed by atoms with Crippen molar-refractivity contribution < 1.29 is 14.4 Å². The summed E-state index contributed by atoms with van der Waals surface area (Å²) in [5.74, 6) is -1.35. The van der Waals surface area contributed by atoms with E-state index in [0.29, 0.717) is 5.11 Å². The summed E-state index contributed by atoms with van der Waals surface area (Å²) < 4.78 is 0. The third-order valence-corrected chi connectivity index (χ3v) is 5.72. The van der Waals surface area contributed by atoms with Gasteiger partial charge in [0, 0.05) is 0 Å². The molecule has 0 aromatic heterocycles. The molecule has 0 saturated carbocycles. The molecule has 0 bridgehead atoms. The summed E-state index contributed by atoms with van der Waals surface area (Å²) in [5.41, 5.74) is 1.86. The lowest BCUT2D eigenvalue weighted by Crippen LogP contribution is -2.73. The maximum Gasteiger partial charge on any atom is 0.328 e. The topological polar surface area (TPSA) is 99.3 Å². The molecular weight excluding hydrogens is 388 g/mol. The third kappa shape index (κ3) is 3.05.